The Kier molecular flexibility index (Phi) is 2.18. The lowest BCUT2D eigenvalue weighted by Gasteiger charge is -2.21. The zero-order valence-electron chi connectivity index (χ0n) is 7.52. The molecule has 0 saturated carbocycles. The van der Waals surface area contributed by atoms with Crippen LogP contribution in [0.5, 0.6) is 0 Å². The van der Waals surface area contributed by atoms with Crippen molar-refractivity contribution in [2.45, 2.75) is 34.1 Å². The average Bonchev–Trinajstić information content (AvgIpc) is 2.11. The molecule has 0 fully saturated rings. The van der Waals surface area contributed by atoms with E-state index in [0.717, 1.165) is 17.8 Å². The van der Waals surface area contributed by atoms with E-state index in [1.165, 1.54) is 6.42 Å². The zero-order chi connectivity index (χ0) is 7.72. The third-order valence-corrected chi connectivity index (χ3v) is 2.67. The second-order valence-corrected chi connectivity index (χ2v) is 3.93. The van der Waals surface area contributed by atoms with Crippen LogP contribution in [0.4, 0.5) is 0 Å². The molecule has 0 heterocycles. The van der Waals surface area contributed by atoms with Gasteiger partial charge in [0.1, 0.15) is 0 Å². The van der Waals surface area contributed by atoms with Gasteiger partial charge in [0.2, 0.25) is 0 Å². The van der Waals surface area contributed by atoms with Gasteiger partial charge in [-0.15, -0.1) is 0 Å². The van der Waals surface area contributed by atoms with Crippen LogP contribution in [0.15, 0.2) is 11.6 Å². The molecular formula is C10H18. The topological polar surface area (TPSA) is 0 Å². The number of hydrogen-bond donors (Lipinski definition) is 0. The SMILES string of the molecule is CC1=CCC(C)C1C(C)C. The highest BCUT2D eigenvalue weighted by Crippen LogP contribution is 2.36. The lowest BCUT2D eigenvalue weighted by atomic mass is 9.84. The fourth-order valence-corrected chi connectivity index (χ4v) is 2.29. The maximum atomic E-state index is 2.40. The molecule has 0 aromatic heterocycles. The first-order chi connectivity index (χ1) is 4.63. The normalized spacial score (nSPS) is 33.1. The summed E-state index contributed by atoms with van der Waals surface area (Å²) in [6.07, 6.45) is 3.70. The van der Waals surface area contributed by atoms with Crippen molar-refractivity contribution in [2.24, 2.45) is 17.8 Å². The van der Waals surface area contributed by atoms with Gasteiger partial charge in [0.25, 0.3) is 0 Å². The van der Waals surface area contributed by atoms with E-state index in [0.29, 0.717) is 0 Å². The van der Waals surface area contributed by atoms with E-state index in [4.69, 9.17) is 0 Å². The molecule has 58 valence electrons. The predicted octanol–water partition coefficient (Wildman–Crippen LogP) is 3.24. The molecule has 1 aliphatic rings. The van der Waals surface area contributed by atoms with E-state index in [2.05, 4.69) is 33.8 Å². The molecule has 0 radical (unpaired) electrons. The molecule has 0 aromatic rings. The summed E-state index contributed by atoms with van der Waals surface area (Å²) < 4.78 is 0. The van der Waals surface area contributed by atoms with Gasteiger partial charge in [-0.25, -0.2) is 0 Å². The minimum Gasteiger partial charge on any atom is -0.0850 e. The molecule has 0 nitrogen and oxygen atoms in total. The van der Waals surface area contributed by atoms with Crippen molar-refractivity contribution >= 4 is 0 Å². The van der Waals surface area contributed by atoms with Gasteiger partial charge >= 0.3 is 0 Å². The molecule has 0 bridgehead atoms. The molecule has 10 heavy (non-hydrogen) atoms. The Labute approximate surface area is 64.3 Å². The van der Waals surface area contributed by atoms with E-state index in [1.54, 1.807) is 5.57 Å². The monoisotopic (exact) mass is 138 g/mol. The van der Waals surface area contributed by atoms with Crippen LogP contribution in [0.3, 0.4) is 0 Å². The number of hydrogen-bond acceptors (Lipinski definition) is 0. The first kappa shape index (κ1) is 7.84. The summed E-state index contributed by atoms with van der Waals surface area (Å²) in [5.74, 6) is 2.58. The maximum absolute atomic E-state index is 2.40. The Balaban J connectivity index is 2.64. The quantitative estimate of drug-likeness (QED) is 0.488. The van der Waals surface area contributed by atoms with E-state index in [1.807, 2.05) is 0 Å². The molecule has 0 N–H and O–H groups in total. The highest BCUT2D eigenvalue weighted by atomic mass is 14.3. The minimum atomic E-state index is 0.828. The predicted molar refractivity (Wildman–Crippen MR) is 45.9 cm³/mol. The van der Waals surface area contributed by atoms with Gasteiger partial charge in [-0.05, 0) is 31.1 Å². The summed E-state index contributed by atoms with van der Waals surface area (Å²) in [5.41, 5.74) is 1.61. The van der Waals surface area contributed by atoms with Gasteiger partial charge < -0.3 is 0 Å². The van der Waals surface area contributed by atoms with Gasteiger partial charge in [0.15, 0.2) is 0 Å². The maximum Gasteiger partial charge on any atom is -0.0154 e. The highest BCUT2D eigenvalue weighted by Gasteiger charge is 2.25. The van der Waals surface area contributed by atoms with Gasteiger partial charge in [-0.3, -0.25) is 0 Å². The van der Waals surface area contributed by atoms with Crippen LogP contribution >= 0.6 is 0 Å². The van der Waals surface area contributed by atoms with Gasteiger partial charge in [-0.1, -0.05) is 32.4 Å². The van der Waals surface area contributed by atoms with Gasteiger partial charge in [-0.2, -0.15) is 0 Å². The summed E-state index contributed by atoms with van der Waals surface area (Å²) in [6, 6.07) is 0. The van der Waals surface area contributed by atoms with Crippen molar-refractivity contribution in [3.63, 3.8) is 0 Å². The van der Waals surface area contributed by atoms with Crippen molar-refractivity contribution in [2.75, 3.05) is 0 Å². The minimum absolute atomic E-state index is 0.828. The molecule has 1 aliphatic carbocycles. The molecule has 2 unspecified atom stereocenters. The Morgan fingerprint density at radius 3 is 2.30 bits per heavy atom. The number of rotatable bonds is 1. The second kappa shape index (κ2) is 2.77. The van der Waals surface area contributed by atoms with E-state index < -0.39 is 0 Å². The smallest absolute Gasteiger partial charge is 0.0154 e. The fraction of sp³-hybridized carbons (Fsp3) is 0.800. The standard InChI is InChI=1S/C10H18/c1-7(2)10-8(3)5-6-9(10)4/h5,7,9-10H,6H2,1-4H3. The van der Waals surface area contributed by atoms with Crippen LogP contribution in [0.2, 0.25) is 0 Å². The first-order valence-corrected chi connectivity index (χ1v) is 4.29. The summed E-state index contributed by atoms with van der Waals surface area (Å²) in [6.45, 7) is 9.28. The van der Waals surface area contributed by atoms with Crippen molar-refractivity contribution in [1.29, 1.82) is 0 Å². The summed E-state index contributed by atoms with van der Waals surface area (Å²) >= 11 is 0. The summed E-state index contributed by atoms with van der Waals surface area (Å²) in [7, 11) is 0. The number of allylic oxidation sites excluding steroid dienone is 2. The van der Waals surface area contributed by atoms with Gasteiger partial charge in [0, 0.05) is 0 Å². The van der Waals surface area contributed by atoms with Crippen LogP contribution < -0.4 is 0 Å². The molecule has 2 atom stereocenters. The summed E-state index contributed by atoms with van der Waals surface area (Å²) in [5, 5.41) is 0. The van der Waals surface area contributed by atoms with E-state index >= 15 is 0 Å². The van der Waals surface area contributed by atoms with Crippen molar-refractivity contribution in [3.8, 4) is 0 Å². The molecule has 0 aliphatic heterocycles. The lowest BCUT2D eigenvalue weighted by molar-refractivity contribution is 0.343. The molecular weight excluding hydrogens is 120 g/mol. The highest BCUT2D eigenvalue weighted by molar-refractivity contribution is 5.12. The molecule has 1 rings (SSSR count). The van der Waals surface area contributed by atoms with Crippen molar-refractivity contribution < 1.29 is 0 Å². The molecule has 0 aromatic carbocycles. The fourth-order valence-electron chi connectivity index (χ4n) is 2.29. The van der Waals surface area contributed by atoms with Crippen molar-refractivity contribution in [3.05, 3.63) is 11.6 Å². The lowest BCUT2D eigenvalue weighted by Crippen LogP contribution is -2.13. The van der Waals surface area contributed by atoms with Crippen LogP contribution in [0, 0.1) is 17.8 Å². The van der Waals surface area contributed by atoms with Crippen molar-refractivity contribution in [1.82, 2.24) is 0 Å². The third-order valence-electron chi connectivity index (χ3n) is 2.67. The van der Waals surface area contributed by atoms with Crippen LogP contribution in [-0.4, -0.2) is 0 Å². The molecule has 0 saturated heterocycles. The Hall–Kier alpha value is -0.260. The molecule has 0 heteroatoms. The van der Waals surface area contributed by atoms with Crippen LogP contribution in [0.25, 0.3) is 0 Å². The largest absolute Gasteiger partial charge is 0.0850 e. The van der Waals surface area contributed by atoms with Gasteiger partial charge in [0.05, 0.1) is 0 Å². The third kappa shape index (κ3) is 1.25. The second-order valence-electron chi connectivity index (χ2n) is 3.93. The molecule has 0 amide bonds. The van der Waals surface area contributed by atoms with Crippen LogP contribution in [0.1, 0.15) is 34.1 Å². The average molecular weight is 138 g/mol. The Morgan fingerprint density at radius 2 is 2.10 bits per heavy atom. The Morgan fingerprint density at radius 1 is 1.50 bits per heavy atom. The summed E-state index contributed by atoms with van der Waals surface area (Å²) in [4.78, 5) is 0. The first-order valence-electron chi connectivity index (χ1n) is 4.29. The Bertz CT molecular complexity index is 142. The molecule has 0 spiro atoms. The van der Waals surface area contributed by atoms with Crippen LogP contribution in [-0.2, 0) is 0 Å². The zero-order valence-corrected chi connectivity index (χ0v) is 7.52. The van der Waals surface area contributed by atoms with E-state index in [-0.39, 0.29) is 0 Å². The van der Waals surface area contributed by atoms with E-state index in [9.17, 15) is 0 Å².